The van der Waals surface area contributed by atoms with Crippen LogP contribution in [0.2, 0.25) is 5.02 Å². The van der Waals surface area contributed by atoms with E-state index in [1.54, 1.807) is 0 Å². The lowest BCUT2D eigenvalue weighted by Gasteiger charge is -2.05. The SMILES string of the molecule is OCCCCCn1ccc2ccc(Cl)cc21. The summed E-state index contributed by atoms with van der Waals surface area (Å²) < 4.78 is 2.22. The van der Waals surface area contributed by atoms with Gasteiger partial charge in [0.05, 0.1) is 0 Å². The molecule has 0 saturated carbocycles. The van der Waals surface area contributed by atoms with Gasteiger partial charge in [0.25, 0.3) is 0 Å². The maximum absolute atomic E-state index is 8.71. The van der Waals surface area contributed by atoms with Crippen LogP contribution in [-0.2, 0) is 6.54 Å². The number of rotatable bonds is 5. The second kappa shape index (κ2) is 5.37. The Morgan fingerprint density at radius 3 is 2.81 bits per heavy atom. The lowest BCUT2D eigenvalue weighted by Crippen LogP contribution is -1.96. The van der Waals surface area contributed by atoms with Crippen LogP contribution in [0, 0.1) is 0 Å². The van der Waals surface area contributed by atoms with Crippen LogP contribution in [0.1, 0.15) is 19.3 Å². The predicted molar refractivity (Wildman–Crippen MR) is 67.9 cm³/mol. The number of unbranched alkanes of at least 4 members (excludes halogenated alkanes) is 2. The van der Waals surface area contributed by atoms with E-state index in [9.17, 15) is 0 Å². The van der Waals surface area contributed by atoms with E-state index < -0.39 is 0 Å². The van der Waals surface area contributed by atoms with Gasteiger partial charge in [0, 0.05) is 29.9 Å². The predicted octanol–water partition coefficient (Wildman–Crippen LogP) is 3.46. The largest absolute Gasteiger partial charge is 0.396 e. The highest BCUT2D eigenvalue weighted by Crippen LogP contribution is 2.20. The van der Waals surface area contributed by atoms with Gasteiger partial charge in [0.2, 0.25) is 0 Å². The summed E-state index contributed by atoms with van der Waals surface area (Å²) in [4.78, 5) is 0. The van der Waals surface area contributed by atoms with Crippen LogP contribution in [0.5, 0.6) is 0 Å². The molecule has 0 amide bonds. The van der Waals surface area contributed by atoms with Gasteiger partial charge in [-0.05, 0) is 42.8 Å². The first-order valence-corrected chi connectivity index (χ1v) is 6.04. The van der Waals surface area contributed by atoms with Gasteiger partial charge >= 0.3 is 0 Å². The molecule has 1 N–H and O–H groups in total. The normalized spacial score (nSPS) is 11.1. The summed E-state index contributed by atoms with van der Waals surface area (Å²) in [5.74, 6) is 0. The quantitative estimate of drug-likeness (QED) is 0.792. The van der Waals surface area contributed by atoms with E-state index in [0.29, 0.717) is 0 Å². The lowest BCUT2D eigenvalue weighted by molar-refractivity contribution is 0.282. The van der Waals surface area contributed by atoms with Crippen molar-refractivity contribution in [3.8, 4) is 0 Å². The summed E-state index contributed by atoms with van der Waals surface area (Å²) in [5, 5.41) is 10.7. The number of aryl methyl sites for hydroxylation is 1. The minimum Gasteiger partial charge on any atom is -0.396 e. The number of benzene rings is 1. The fourth-order valence-corrected chi connectivity index (χ4v) is 2.09. The molecule has 2 nitrogen and oxygen atoms in total. The summed E-state index contributed by atoms with van der Waals surface area (Å²) in [6, 6.07) is 8.07. The molecule has 0 spiro atoms. The fraction of sp³-hybridized carbons (Fsp3) is 0.385. The van der Waals surface area contributed by atoms with E-state index in [1.807, 2.05) is 18.2 Å². The number of fused-ring (bicyclic) bond motifs is 1. The van der Waals surface area contributed by atoms with Gasteiger partial charge in [-0.2, -0.15) is 0 Å². The average Bonchev–Trinajstić information content (AvgIpc) is 2.67. The maximum Gasteiger partial charge on any atom is 0.0495 e. The van der Waals surface area contributed by atoms with Crippen molar-refractivity contribution in [2.24, 2.45) is 0 Å². The monoisotopic (exact) mass is 237 g/mol. The average molecular weight is 238 g/mol. The Balaban J connectivity index is 2.09. The highest BCUT2D eigenvalue weighted by Gasteiger charge is 2.01. The van der Waals surface area contributed by atoms with E-state index in [2.05, 4.69) is 16.8 Å². The highest BCUT2D eigenvalue weighted by molar-refractivity contribution is 6.31. The van der Waals surface area contributed by atoms with Crippen LogP contribution in [0.25, 0.3) is 10.9 Å². The third-order valence-electron chi connectivity index (χ3n) is 2.79. The molecule has 0 bridgehead atoms. The van der Waals surface area contributed by atoms with Gasteiger partial charge in [-0.25, -0.2) is 0 Å². The molecule has 2 aromatic rings. The first kappa shape index (κ1) is 11.5. The molecule has 0 aliphatic rings. The minimum absolute atomic E-state index is 0.290. The molecular weight excluding hydrogens is 222 g/mol. The molecule has 3 heteroatoms. The fourth-order valence-electron chi connectivity index (χ4n) is 1.92. The maximum atomic E-state index is 8.71. The van der Waals surface area contributed by atoms with Crippen LogP contribution < -0.4 is 0 Å². The Hall–Kier alpha value is -0.990. The topological polar surface area (TPSA) is 25.2 Å². The third kappa shape index (κ3) is 2.57. The zero-order valence-electron chi connectivity index (χ0n) is 9.19. The first-order chi connectivity index (χ1) is 7.81. The van der Waals surface area contributed by atoms with Gasteiger partial charge < -0.3 is 9.67 Å². The van der Waals surface area contributed by atoms with Gasteiger partial charge in [0.15, 0.2) is 0 Å². The summed E-state index contributed by atoms with van der Waals surface area (Å²) in [6.07, 6.45) is 5.15. The van der Waals surface area contributed by atoms with Crippen molar-refractivity contribution in [3.63, 3.8) is 0 Å². The van der Waals surface area contributed by atoms with E-state index in [-0.39, 0.29) is 6.61 Å². The Morgan fingerprint density at radius 2 is 2.00 bits per heavy atom. The van der Waals surface area contributed by atoms with Crippen molar-refractivity contribution >= 4 is 22.5 Å². The third-order valence-corrected chi connectivity index (χ3v) is 3.03. The van der Waals surface area contributed by atoms with Gasteiger partial charge in [-0.1, -0.05) is 17.7 Å². The first-order valence-electron chi connectivity index (χ1n) is 5.66. The molecule has 2 rings (SSSR count). The van der Waals surface area contributed by atoms with Gasteiger partial charge in [-0.3, -0.25) is 0 Å². The number of hydrogen-bond donors (Lipinski definition) is 1. The molecule has 0 fully saturated rings. The number of halogens is 1. The Kier molecular flexibility index (Phi) is 3.86. The molecule has 1 aromatic heterocycles. The van der Waals surface area contributed by atoms with Crippen LogP contribution in [0.15, 0.2) is 30.5 Å². The van der Waals surface area contributed by atoms with Crippen LogP contribution >= 0.6 is 11.6 Å². The Bertz CT molecular complexity index is 464. The molecule has 1 heterocycles. The molecule has 0 radical (unpaired) electrons. The molecule has 0 aliphatic carbocycles. The van der Waals surface area contributed by atoms with E-state index in [1.165, 1.54) is 10.9 Å². The van der Waals surface area contributed by atoms with Crippen LogP contribution in [0.3, 0.4) is 0 Å². The zero-order valence-corrected chi connectivity index (χ0v) is 9.95. The van der Waals surface area contributed by atoms with Gasteiger partial charge in [-0.15, -0.1) is 0 Å². The molecule has 0 atom stereocenters. The lowest BCUT2D eigenvalue weighted by atomic mass is 10.2. The van der Waals surface area contributed by atoms with Crippen molar-refractivity contribution in [2.75, 3.05) is 6.61 Å². The number of aromatic nitrogens is 1. The van der Waals surface area contributed by atoms with Gasteiger partial charge in [0.1, 0.15) is 0 Å². The van der Waals surface area contributed by atoms with E-state index >= 15 is 0 Å². The molecule has 86 valence electrons. The number of hydrogen-bond acceptors (Lipinski definition) is 1. The van der Waals surface area contributed by atoms with Crippen molar-refractivity contribution in [1.29, 1.82) is 0 Å². The van der Waals surface area contributed by atoms with Crippen LogP contribution in [0.4, 0.5) is 0 Å². The summed E-state index contributed by atoms with van der Waals surface area (Å²) >= 11 is 5.98. The molecule has 0 unspecified atom stereocenters. The number of aliphatic hydroxyl groups is 1. The van der Waals surface area contributed by atoms with Crippen molar-refractivity contribution in [3.05, 3.63) is 35.5 Å². The highest BCUT2D eigenvalue weighted by atomic mass is 35.5. The van der Waals surface area contributed by atoms with Crippen molar-refractivity contribution < 1.29 is 5.11 Å². The standard InChI is InChI=1S/C13H16ClNO/c14-12-5-4-11-6-8-15(13(11)10-12)7-2-1-3-9-16/h4-6,8,10,16H,1-3,7,9H2. The van der Waals surface area contributed by atoms with Crippen molar-refractivity contribution in [2.45, 2.75) is 25.8 Å². The molecule has 1 aromatic carbocycles. The zero-order chi connectivity index (χ0) is 11.4. The number of aliphatic hydroxyl groups excluding tert-OH is 1. The Morgan fingerprint density at radius 1 is 1.12 bits per heavy atom. The summed E-state index contributed by atoms with van der Waals surface area (Å²) in [6.45, 7) is 1.28. The number of nitrogens with zero attached hydrogens (tertiary/aromatic N) is 1. The van der Waals surface area contributed by atoms with Crippen molar-refractivity contribution in [1.82, 2.24) is 4.57 Å². The smallest absolute Gasteiger partial charge is 0.0495 e. The van der Waals surface area contributed by atoms with E-state index in [0.717, 1.165) is 30.8 Å². The molecule has 16 heavy (non-hydrogen) atoms. The minimum atomic E-state index is 0.290. The molecular formula is C13H16ClNO. The second-order valence-electron chi connectivity index (χ2n) is 4.00. The summed E-state index contributed by atoms with van der Waals surface area (Å²) in [5.41, 5.74) is 1.19. The second-order valence-corrected chi connectivity index (χ2v) is 4.43. The Labute approximate surface area is 100 Å². The molecule has 0 aliphatic heterocycles. The van der Waals surface area contributed by atoms with E-state index in [4.69, 9.17) is 16.7 Å². The van der Waals surface area contributed by atoms with Crippen LogP contribution in [-0.4, -0.2) is 16.3 Å². The molecule has 0 saturated heterocycles. The summed E-state index contributed by atoms with van der Waals surface area (Å²) in [7, 11) is 0.